The van der Waals surface area contributed by atoms with E-state index in [0.717, 1.165) is 33.5 Å². The number of carbonyl (C=O) groups excluding carboxylic acids is 2. The Morgan fingerprint density at radius 1 is 1.15 bits per heavy atom. The van der Waals surface area contributed by atoms with Crippen LogP contribution in [0.25, 0.3) is 11.0 Å². The zero-order chi connectivity index (χ0) is 23.5. The highest BCUT2D eigenvalue weighted by atomic mass is 16.5. The monoisotopic (exact) mass is 449 g/mol. The van der Waals surface area contributed by atoms with Crippen LogP contribution in [0, 0.1) is 19.8 Å². The van der Waals surface area contributed by atoms with Crippen molar-refractivity contribution < 1.29 is 14.3 Å². The summed E-state index contributed by atoms with van der Waals surface area (Å²) < 4.78 is 7.16. The summed E-state index contributed by atoms with van der Waals surface area (Å²) in [5.74, 6) is 0.641. The third-order valence-electron chi connectivity index (χ3n) is 6.56. The molecule has 8 heteroatoms. The lowest BCUT2D eigenvalue weighted by molar-refractivity contribution is -0.134. The second-order valence-corrected chi connectivity index (χ2v) is 8.64. The van der Waals surface area contributed by atoms with Crippen molar-refractivity contribution in [3.8, 4) is 5.88 Å². The van der Waals surface area contributed by atoms with Gasteiger partial charge in [0.1, 0.15) is 0 Å². The predicted molar refractivity (Wildman–Crippen MR) is 127 cm³/mol. The number of likely N-dealkylation sites (tertiary alicyclic amines) is 1. The van der Waals surface area contributed by atoms with E-state index in [1.54, 1.807) is 11.8 Å². The molecule has 3 heterocycles. The summed E-state index contributed by atoms with van der Waals surface area (Å²) in [4.78, 5) is 32.1. The Balaban J connectivity index is 1.35. The second kappa shape index (κ2) is 9.60. The first kappa shape index (κ1) is 22.8. The van der Waals surface area contributed by atoms with E-state index >= 15 is 0 Å². The third-order valence-corrected chi connectivity index (χ3v) is 6.56. The van der Waals surface area contributed by atoms with Crippen LogP contribution < -0.4 is 10.1 Å². The molecule has 3 aromatic rings. The fraction of sp³-hybridized carbons (Fsp3) is 0.440. The van der Waals surface area contributed by atoms with Gasteiger partial charge in [0.15, 0.2) is 5.65 Å². The topological polar surface area (TPSA) is 89.3 Å². The number of carbonyl (C=O) groups is 2. The largest absolute Gasteiger partial charge is 0.479 e. The number of ether oxygens (including phenoxy) is 1. The van der Waals surface area contributed by atoms with Gasteiger partial charge in [-0.15, -0.1) is 5.10 Å². The van der Waals surface area contributed by atoms with Crippen molar-refractivity contribution in [3.63, 3.8) is 0 Å². The fourth-order valence-corrected chi connectivity index (χ4v) is 4.65. The number of aryl methyl sites for hydroxylation is 3. The van der Waals surface area contributed by atoms with Gasteiger partial charge in [-0.1, -0.05) is 18.2 Å². The molecule has 1 aliphatic heterocycles. The van der Waals surface area contributed by atoms with Gasteiger partial charge in [0.05, 0.1) is 12.5 Å². The van der Waals surface area contributed by atoms with Crippen LogP contribution in [-0.2, 0) is 23.1 Å². The summed E-state index contributed by atoms with van der Waals surface area (Å²) >= 11 is 0. The Bertz CT molecular complexity index is 1160. The Labute approximate surface area is 193 Å². The van der Waals surface area contributed by atoms with E-state index in [0.29, 0.717) is 44.7 Å². The molecule has 174 valence electrons. The van der Waals surface area contributed by atoms with Crippen LogP contribution in [0.4, 0.5) is 5.69 Å². The van der Waals surface area contributed by atoms with Crippen molar-refractivity contribution >= 4 is 28.5 Å². The maximum absolute atomic E-state index is 12.9. The molecule has 1 aliphatic rings. The molecule has 0 radical (unpaired) electrons. The number of pyridine rings is 1. The first-order valence-corrected chi connectivity index (χ1v) is 11.4. The number of hydrogen-bond acceptors (Lipinski definition) is 5. The highest BCUT2D eigenvalue weighted by molar-refractivity contribution is 5.92. The number of benzene rings is 1. The molecule has 1 fully saturated rings. The summed E-state index contributed by atoms with van der Waals surface area (Å²) in [7, 11) is 3.46. The molecule has 8 nitrogen and oxygen atoms in total. The Kier molecular flexibility index (Phi) is 6.62. The highest BCUT2D eigenvalue weighted by Crippen LogP contribution is 2.30. The van der Waals surface area contributed by atoms with E-state index in [9.17, 15) is 9.59 Å². The number of amides is 2. The second-order valence-electron chi connectivity index (χ2n) is 8.64. The summed E-state index contributed by atoms with van der Waals surface area (Å²) in [6, 6.07) is 9.49. The number of hydrogen-bond donors (Lipinski definition) is 1. The zero-order valence-corrected chi connectivity index (χ0v) is 19.7. The smallest absolute Gasteiger partial charge is 0.242 e. The Hall–Kier alpha value is -3.42. The van der Waals surface area contributed by atoms with Crippen LogP contribution in [0.15, 0.2) is 30.3 Å². The molecular formula is C25H31N5O3. The van der Waals surface area contributed by atoms with Crippen molar-refractivity contribution in [1.29, 1.82) is 0 Å². The molecule has 0 saturated carbocycles. The Morgan fingerprint density at radius 2 is 1.85 bits per heavy atom. The van der Waals surface area contributed by atoms with E-state index in [1.807, 2.05) is 56.1 Å². The number of rotatable bonds is 6. The summed E-state index contributed by atoms with van der Waals surface area (Å²) in [5.41, 5.74) is 4.64. The van der Waals surface area contributed by atoms with Gasteiger partial charge in [-0.25, -0.2) is 9.67 Å². The maximum Gasteiger partial charge on any atom is 0.242 e. The average molecular weight is 450 g/mol. The van der Waals surface area contributed by atoms with Crippen LogP contribution in [0.3, 0.4) is 0 Å². The first-order valence-electron chi connectivity index (χ1n) is 11.4. The van der Waals surface area contributed by atoms with Gasteiger partial charge in [-0.3, -0.25) is 9.59 Å². The number of aromatic nitrogens is 3. The molecule has 2 amide bonds. The standard InChI is InChI=1S/C25H31N5O3/c1-16-20(17(2)26-23-22(16)25(33-4)28-29(23)3)10-11-21(31)30-14-12-18(13-15-30)24(32)27-19-8-6-5-7-9-19/h5-9,18H,10-15H2,1-4H3,(H,27,32). The van der Waals surface area contributed by atoms with Gasteiger partial charge in [-0.05, 0) is 56.4 Å². The van der Waals surface area contributed by atoms with Gasteiger partial charge in [0.25, 0.3) is 0 Å². The predicted octanol–water partition coefficient (Wildman–Crippen LogP) is 3.40. The van der Waals surface area contributed by atoms with Crippen LogP contribution in [0.5, 0.6) is 5.88 Å². The number of para-hydroxylation sites is 1. The number of nitrogens with zero attached hydrogens (tertiary/aromatic N) is 4. The molecule has 0 unspecified atom stereocenters. The molecule has 1 aromatic carbocycles. The molecule has 0 atom stereocenters. The van der Waals surface area contributed by atoms with Gasteiger partial charge in [-0.2, -0.15) is 0 Å². The molecular weight excluding hydrogens is 418 g/mol. The van der Waals surface area contributed by atoms with Crippen LogP contribution in [0.2, 0.25) is 0 Å². The molecule has 1 N–H and O–H groups in total. The minimum atomic E-state index is -0.0663. The lowest BCUT2D eigenvalue weighted by Gasteiger charge is -2.31. The van der Waals surface area contributed by atoms with E-state index in [-0.39, 0.29) is 17.7 Å². The summed E-state index contributed by atoms with van der Waals surface area (Å²) in [5, 5.41) is 8.27. The number of anilines is 1. The van der Waals surface area contributed by atoms with Crippen molar-refractivity contribution in [2.45, 2.75) is 39.5 Å². The lowest BCUT2D eigenvalue weighted by atomic mass is 9.95. The quantitative estimate of drug-likeness (QED) is 0.623. The van der Waals surface area contributed by atoms with Crippen LogP contribution >= 0.6 is 0 Å². The van der Waals surface area contributed by atoms with Crippen molar-refractivity contribution in [2.24, 2.45) is 13.0 Å². The fourth-order valence-electron chi connectivity index (χ4n) is 4.65. The van der Waals surface area contributed by atoms with Gasteiger partial charge < -0.3 is 15.0 Å². The molecule has 2 aromatic heterocycles. The molecule has 0 spiro atoms. The summed E-state index contributed by atoms with van der Waals surface area (Å²) in [6.45, 7) is 5.23. The lowest BCUT2D eigenvalue weighted by Crippen LogP contribution is -2.41. The number of fused-ring (bicyclic) bond motifs is 1. The number of nitrogens with one attached hydrogen (secondary N) is 1. The van der Waals surface area contributed by atoms with Crippen LogP contribution in [0.1, 0.15) is 36.1 Å². The van der Waals surface area contributed by atoms with Crippen molar-refractivity contribution in [3.05, 3.63) is 47.2 Å². The number of piperidine rings is 1. The van der Waals surface area contributed by atoms with Gasteiger partial charge >= 0.3 is 0 Å². The van der Waals surface area contributed by atoms with Crippen molar-refractivity contribution in [1.82, 2.24) is 19.7 Å². The van der Waals surface area contributed by atoms with E-state index in [1.165, 1.54) is 0 Å². The minimum absolute atomic E-state index is 0.0318. The van der Waals surface area contributed by atoms with E-state index < -0.39 is 0 Å². The van der Waals surface area contributed by atoms with E-state index in [2.05, 4.69) is 10.4 Å². The Morgan fingerprint density at radius 3 is 2.52 bits per heavy atom. The molecule has 0 aliphatic carbocycles. The van der Waals surface area contributed by atoms with Crippen molar-refractivity contribution in [2.75, 3.05) is 25.5 Å². The average Bonchev–Trinajstić information content (AvgIpc) is 3.15. The first-order chi connectivity index (χ1) is 15.9. The SMILES string of the molecule is COc1nn(C)c2nc(C)c(CCC(=O)N3CCC(C(=O)Nc4ccccc4)CC3)c(C)c12. The van der Waals surface area contributed by atoms with E-state index in [4.69, 9.17) is 9.72 Å². The van der Waals surface area contributed by atoms with Gasteiger partial charge in [0.2, 0.25) is 17.7 Å². The zero-order valence-electron chi connectivity index (χ0n) is 19.7. The van der Waals surface area contributed by atoms with Crippen LogP contribution in [-0.4, -0.2) is 51.7 Å². The maximum atomic E-state index is 12.9. The minimum Gasteiger partial charge on any atom is -0.479 e. The summed E-state index contributed by atoms with van der Waals surface area (Å²) in [6.07, 6.45) is 2.40. The molecule has 1 saturated heterocycles. The normalized spacial score (nSPS) is 14.5. The third kappa shape index (κ3) is 4.69. The molecule has 0 bridgehead atoms. The van der Waals surface area contributed by atoms with Gasteiger partial charge in [0, 0.05) is 43.9 Å². The highest BCUT2D eigenvalue weighted by Gasteiger charge is 2.27. The molecule has 4 rings (SSSR count). The molecule has 33 heavy (non-hydrogen) atoms. The number of methoxy groups -OCH3 is 1.